The molecule has 1 saturated heterocycles. The molecule has 7 nitrogen and oxygen atoms in total. The lowest BCUT2D eigenvalue weighted by atomic mass is 10.1. The van der Waals surface area contributed by atoms with Gasteiger partial charge in [-0.1, -0.05) is 29.3 Å². The quantitative estimate of drug-likeness (QED) is 0.349. The number of benzene rings is 2. The number of amides is 2. The van der Waals surface area contributed by atoms with Crippen molar-refractivity contribution in [2.45, 2.75) is 13.5 Å². The minimum absolute atomic E-state index is 0.0909. The number of rotatable bonds is 8. The van der Waals surface area contributed by atoms with Gasteiger partial charge in [0.05, 0.1) is 30.2 Å². The SMILES string of the molecule is CCOc1cc(/C=C2\SC(=O)N(Cc3ccc(F)cc3Cl)C2=O)cc(Cl)c1OCC(=O)OC. The second kappa shape index (κ2) is 10.9. The van der Waals surface area contributed by atoms with Gasteiger partial charge in [0.1, 0.15) is 5.82 Å². The Bertz CT molecular complexity index is 1140. The molecule has 0 N–H and O–H groups in total. The highest BCUT2D eigenvalue weighted by atomic mass is 35.5. The standard InChI is InChI=1S/C22H18Cl2FNO6S/c1-3-31-17-7-12(6-16(24)20(17)32-11-19(27)30-2)8-18-21(28)26(22(29)33-18)10-13-4-5-14(25)9-15(13)23/h4-9H,3,10-11H2,1-2H3/b18-8-. The summed E-state index contributed by atoms with van der Waals surface area (Å²) in [7, 11) is 1.23. The van der Waals surface area contributed by atoms with E-state index >= 15 is 0 Å². The molecule has 11 heteroatoms. The van der Waals surface area contributed by atoms with Gasteiger partial charge in [-0.2, -0.15) is 0 Å². The predicted octanol–water partition coefficient (Wildman–Crippen LogP) is 5.32. The Balaban J connectivity index is 1.85. The number of methoxy groups -OCH3 is 1. The van der Waals surface area contributed by atoms with Crippen molar-refractivity contribution < 1.29 is 33.0 Å². The molecule has 2 amide bonds. The van der Waals surface area contributed by atoms with Crippen LogP contribution in [0.5, 0.6) is 11.5 Å². The lowest BCUT2D eigenvalue weighted by Gasteiger charge is -2.14. The second-order valence-electron chi connectivity index (χ2n) is 6.63. The molecule has 0 bridgehead atoms. The smallest absolute Gasteiger partial charge is 0.343 e. The first kappa shape index (κ1) is 24.9. The van der Waals surface area contributed by atoms with Crippen molar-refractivity contribution in [3.05, 3.63) is 62.2 Å². The molecule has 3 rings (SSSR count). The van der Waals surface area contributed by atoms with Gasteiger partial charge in [0.2, 0.25) is 0 Å². The number of nitrogens with zero attached hydrogens (tertiary/aromatic N) is 1. The normalized spacial score (nSPS) is 14.7. The summed E-state index contributed by atoms with van der Waals surface area (Å²) < 4.78 is 28.8. The van der Waals surface area contributed by atoms with Crippen LogP contribution >= 0.6 is 35.0 Å². The molecular formula is C22H18Cl2FNO6S. The maximum absolute atomic E-state index is 13.3. The van der Waals surface area contributed by atoms with E-state index in [1.54, 1.807) is 13.0 Å². The summed E-state index contributed by atoms with van der Waals surface area (Å²) in [6.45, 7) is 1.60. The third-order valence-corrected chi connectivity index (χ3v) is 5.95. The number of hydrogen-bond acceptors (Lipinski definition) is 7. The van der Waals surface area contributed by atoms with Crippen molar-refractivity contribution in [2.24, 2.45) is 0 Å². The molecule has 0 saturated carbocycles. The largest absolute Gasteiger partial charge is 0.490 e. The van der Waals surface area contributed by atoms with E-state index < -0.39 is 22.9 Å². The Hall–Kier alpha value is -2.75. The maximum Gasteiger partial charge on any atom is 0.343 e. The van der Waals surface area contributed by atoms with Gasteiger partial charge >= 0.3 is 5.97 Å². The molecule has 0 atom stereocenters. The van der Waals surface area contributed by atoms with Crippen LogP contribution in [0.4, 0.5) is 9.18 Å². The highest BCUT2D eigenvalue weighted by Gasteiger charge is 2.35. The van der Waals surface area contributed by atoms with Crippen LogP contribution in [0, 0.1) is 5.82 Å². The minimum atomic E-state index is -0.590. The van der Waals surface area contributed by atoms with Crippen LogP contribution in [0.3, 0.4) is 0 Å². The van der Waals surface area contributed by atoms with Gasteiger partial charge in [-0.05, 0) is 60.2 Å². The first-order valence-corrected chi connectivity index (χ1v) is 11.2. The summed E-state index contributed by atoms with van der Waals surface area (Å²) >= 11 is 13.1. The van der Waals surface area contributed by atoms with Crippen LogP contribution in [0.2, 0.25) is 10.0 Å². The minimum Gasteiger partial charge on any atom is -0.490 e. The highest BCUT2D eigenvalue weighted by molar-refractivity contribution is 8.18. The Morgan fingerprint density at radius 2 is 1.91 bits per heavy atom. The van der Waals surface area contributed by atoms with Gasteiger partial charge in [-0.15, -0.1) is 0 Å². The Kier molecular flexibility index (Phi) is 8.23. The van der Waals surface area contributed by atoms with Crippen molar-refractivity contribution in [3.63, 3.8) is 0 Å². The Morgan fingerprint density at radius 1 is 1.15 bits per heavy atom. The molecule has 0 unspecified atom stereocenters. The van der Waals surface area contributed by atoms with Crippen molar-refractivity contribution in [2.75, 3.05) is 20.3 Å². The van der Waals surface area contributed by atoms with Crippen LogP contribution < -0.4 is 9.47 Å². The molecular weight excluding hydrogens is 496 g/mol. The fourth-order valence-corrected chi connectivity index (χ4v) is 4.21. The van der Waals surface area contributed by atoms with Crippen molar-refractivity contribution in [1.29, 1.82) is 0 Å². The van der Waals surface area contributed by atoms with Crippen LogP contribution in [-0.4, -0.2) is 42.3 Å². The van der Waals surface area contributed by atoms with Crippen LogP contribution in [0.1, 0.15) is 18.1 Å². The number of ether oxygens (including phenoxy) is 3. The monoisotopic (exact) mass is 513 g/mol. The fraction of sp³-hybridized carbons (Fsp3) is 0.227. The van der Waals surface area contributed by atoms with E-state index in [0.29, 0.717) is 17.7 Å². The number of esters is 1. The summed E-state index contributed by atoms with van der Waals surface area (Å²) in [4.78, 5) is 37.8. The zero-order valence-corrected chi connectivity index (χ0v) is 19.9. The number of hydrogen-bond donors (Lipinski definition) is 0. The highest BCUT2D eigenvalue weighted by Crippen LogP contribution is 2.39. The topological polar surface area (TPSA) is 82.1 Å². The first-order chi connectivity index (χ1) is 15.7. The van der Waals surface area contributed by atoms with Crippen molar-refractivity contribution >= 4 is 58.2 Å². The van der Waals surface area contributed by atoms with E-state index in [9.17, 15) is 18.8 Å². The summed E-state index contributed by atoms with van der Waals surface area (Å²) in [5, 5.41) is -0.220. The van der Waals surface area contributed by atoms with E-state index in [4.69, 9.17) is 32.7 Å². The molecule has 2 aromatic carbocycles. The third kappa shape index (κ3) is 5.98. The summed E-state index contributed by atoms with van der Waals surface area (Å²) in [6.07, 6.45) is 1.50. The molecule has 1 aliphatic heterocycles. The predicted molar refractivity (Wildman–Crippen MR) is 123 cm³/mol. The Labute approximate surface area is 203 Å². The van der Waals surface area contributed by atoms with Crippen molar-refractivity contribution in [3.8, 4) is 11.5 Å². The van der Waals surface area contributed by atoms with Crippen LogP contribution in [0.25, 0.3) is 6.08 Å². The molecule has 2 aromatic rings. The molecule has 0 aliphatic carbocycles. The number of carbonyl (C=O) groups is 3. The van der Waals surface area contributed by atoms with Gasteiger partial charge in [-0.25, -0.2) is 9.18 Å². The first-order valence-electron chi connectivity index (χ1n) is 9.58. The second-order valence-corrected chi connectivity index (χ2v) is 8.44. The van der Waals surface area contributed by atoms with E-state index in [0.717, 1.165) is 22.7 Å². The van der Waals surface area contributed by atoms with E-state index in [1.807, 2.05) is 0 Å². The molecule has 0 aromatic heterocycles. The zero-order chi connectivity index (χ0) is 24.1. The number of halogens is 3. The number of carbonyl (C=O) groups excluding carboxylic acids is 3. The lowest BCUT2D eigenvalue weighted by Crippen LogP contribution is -2.27. The molecule has 1 fully saturated rings. The summed E-state index contributed by atoms with van der Waals surface area (Å²) in [5.41, 5.74) is 0.926. The molecule has 0 radical (unpaired) electrons. The van der Waals surface area contributed by atoms with E-state index in [2.05, 4.69) is 4.74 Å². The van der Waals surface area contributed by atoms with Gasteiger partial charge in [0, 0.05) is 5.02 Å². The van der Waals surface area contributed by atoms with Crippen LogP contribution in [-0.2, 0) is 20.9 Å². The van der Waals surface area contributed by atoms with Gasteiger partial charge in [0.15, 0.2) is 18.1 Å². The molecule has 1 aliphatic rings. The fourth-order valence-electron chi connectivity index (χ4n) is 2.87. The van der Waals surface area contributed by atoms with Crippen molar-refractivity contribution in [1.82, 2.24) is 4.90 Å². The summed E-state index contributed by atoms with van der Waals surface area (Å²) in [5.74, 6) is -1.21. The molecule has 1 heterocycles. The van der Waals surface area contributed by atoms with E-state index in [-0.39, 0.29) is 39.6 Å². The third-order valence-electron chi connectivity index (χ3n) is 4.41. The number of imide groups is 1. The zero-order valence-electron chi connectivity index (χ0n) is 17.5. The molecule has 174 valence electrons. The summed E-state index contributed by atoms with van der Waals surface area (Å²) in [6, 6.07) is 6.84. The van der Waals surface area contributed by atoms with Gasteiger partial charge in [0.25, 0.3) is 11.1 Å². The van der Waals surface area contributed by atoms with E-state index in [1.165, 1.54) is 31.4 Å². The Morgan fingerprint density at radius 3 is 2.58 bits per heavy atom. The average molecular weight is 514 g/mol. The average Bonchev–Trinajstić information content (AvgIpc) is 3.02. The molecule has 0 spiro atoms. The van der Waals surface area contributed by atoms with Gasteiger partial charge in [-0.3, -0.25) is 14.5 Å². The van der Waals surface area contributed by atoms with Crippen LogP contribution in [0.15, 0.2) is 35.2 Å². The maximum atomic E-state index is 13.3. The molecule has 33 heavy (non-hydrogen) atoms. The number of thioether (sulfide) groups is 1. The lowest BCUT2D eigenvalue weighted by molar-refractivity contribution is -0.142. The van der Waals surface area contributed by atoms with Gasteiger partial charge < -0.3 is 14.2 Å².